The maximum absolute atomic E-state index is 16.4. The molecule has 146 heavy (non-hydrogen) atoms. The van der Waals surface area contributed by atoms with E-state index in [4.69, 9.17) is 31.8 Å². The minimum atomic E-state index is -0.450. The van der Waals surface area contributed by atoms with Crippen molar-refractivity contribution in [3.63, 3.8) is 0 Å². The predicted octanol–water partition coefficient (Wildman–Crippen LogP) is 36.5. The Hall–Kier alpha value is -16.4. The highest BCUT2D eigenvalue weighted by Crippen LogP contribution is 2.62. The number of hydrogen-bond acceptors (Lipinski definition) is 8. The molecule has 0 N–H and O–H groups in total. The summed E-state index contributed by atoms with van der Waals surface area (Å²) in [5, 5.41) is 17.9. The number of imide groups is 2. The van der Waals surface area contributed by atoms with Gasteiger partial charge in [-0.25, -0.2) is 9.80 Å². The summed E-state index contributed by atoms with van der Waals surface area (Å²) in [5.74, 6) is 7.78. The van der Waals surface area contributed by atoms with Gasteiger partial charge in [-0.2, -0.15) is 0 Å². The van der Waals surface area contributed by atoms with Gasteiger partial charge in [0.05, 0.1) is 33.6 Å². The van der Waals surface area contributed by atoms with Crippen LogP contribution < -0.4 is 28.7 Å². The number of anilines is 2. The molecule has 0 saturated carbocycles. The Balaban J connectivity index is 0.629. The molecule has 0 spiro atoms. The van der Waals surface area contributed by atoms with Crippen LogP contribution in [0.25, 0.3) is 177 Å². The number of ether oxygens (including phenoxy) is 4. The van der Waals surface area contributed by atoms with Crippen molar-refractivity contribution < 1.29 is 38.1 Å². The van der Waals surface area contributed by atoms with E-state index in [1.54, 1.807) is 0 Å². The van der Waals surface area contributed by atoms with Crippen LogP contribution in [0.5, 0.6) is 46.0 Å². The highest BCUT2D eigenvalue weighted by molar-refractivity contribution is 6.48. The van der Waals surface area contributed by atoms with E-state index in [0.717, 1.165) is 197 Å². The summed E-state index contributed by atoms with van der Waals surface area (Å²) in [6.07, 6.45) is 21.5. The first-order valence-electron chi connectivity index (χ1n) is 51.1. The average molecular weight is 1900 g/mol. The number of rotatable bonds is 14. The molecule has 0 unspecified atom stereocenters. The molecular formula is C136H110N2O8. The van der Waals surface area contributed by atoms with Crippen LogP contribution in [0, 0.1) is 24.7 Å². The van der Waals surface area contributed by atoms with Crippen molar-refractivity contribution in [3.8, 4) is 115 Å². The van der Waals surface area contributed by atoms with Crippen molar-refractivity contribution in [2.75, 3.05) is 9.80 Å². The van der Waals surface area contributed by atoms with Crippen molar-refractivity contribution in [2.45, 2.75) is 184 Å². The largest absolute Gasteiger partial charge is 0.457 e. The Labute approximate surface area is 851 Å². The minimum Gasteiger partial charge on any atom is -0.457 e. The quantitative estimate of drug-likeness (QED) is 0.0458. The van der Waals surface area contributed by atoms with Gasteiger partial charge < -0.3 is 18.9 Å². The predicted molar refractivity (Wildman–Crippen MR) is 605 cm³/mol. The summed E-state index contributed by atoms with van der Waals surface area (Å²) in [6, 6.07) is 85.1. The molecule has 10 nitrogen and oxygen atoms in total. The van der Waals surface area contributed by atoms with E-state index in [2.05, 4.69) is 320 Å². The molecule has 5 aliphatic rings. The molecule has 712 valence electrons. The molecule has 20 aromatic rings. The first-order valence-corrected chi connectivity index (χ1v) is 51.1. The van der Waals surface area contributed by atoms with Gasteiger partial charge in [-0.3, -0.25) is 19.2 Å². The van der Waals surface area contributed by atoms with Gasteiger partial charge in [-0.1, -0.05) is 272 Å². The Morgan fingerprint density at radius 2 is 0.445 bits per heavy atom. The number of carbonyl (C=O) groups is 4. The van der Waals surface area contributed by atoms with E-state index >= 15 is 19.2 Å². The van der Waals surface area contributed by atoms with Crippen molar-refractivity contribution in [3.05, 3.63) is 343 Å². The maximum Gasteiger partial charge on any atom is 0.266 e. The number of benzene rings is 20. The molecule has 0 saturated heterocycles. The average Bonchev–Trinajstić information content (AvgIpc) is 0.695. The van der Waals surface area contributed by atoms with Crippen molar-refractivity contribution >= 4 is 167 Å². The summed E-state index contributed by atoms with van der Waals surface area (Å²) >= 11 is 0. The van der Waals surface area contributed by atoms with E-state index in [-0.39, 0.29) is 45.3 Å². The monoisotopic (exact) mass is 1900 g/mol. The van der Waals surface area contributed by atoms with E-state index < -0.39 is 23.6 Å². The summed E-state index contributed by atoms with van der Waals surface area (Å²) < 4.78 is 29.5. The van der Waals surface area contributed by atoms with Gasteiger partial charge >= 0.3 is 0 Å². The summed E-state index contributed by atoms with van der Waals surface area (Å²) in [5.41, 5.74) is 24.3. The third kappa shape index (κ3) is 13.8. The SMILES string of the molecule is C#Cc1cc(C(C)C)c(N2C(=O)c3cc(Oc4ccc(C(C)(C)C)cc4)c4c5ccc6c7c(ccc(c8c(Oc9ccc(C(C)(C)C)cc9)cc(c3c48)C2=O)c75)-c2cc3cc4c(cc3cc2-6)/C=C\c2cc3cc5c(cc3cc2/C=C\4)-c2ccc3c4c(Oc6ccc(C(C)(C)C)cc6)cc6c7c(cc(Oc8ccc(C(C)(C)C)cc8)c(c8ccc-5c2c83)c74)C(=O)N(c2c(C(C)C)cc(C#C)cc2C(C)C)C6=O)c(C(C)C)c1. The molecule has 0 bridgehead atoms. The molecule has 3 aliphatic carbocycles. The van der Waals surface area contributed by atoms with Crippen LogP contribution in [0.4, 0.5) is 11.4 Å². The molecule has 0 radical (unpaired) electrons. The molecule has 4 amide bonds. The first kappa shape index (κ1) is 90.8. The molecule has 0 aromatic heterocycles. The summed E-state index contributed by atoms with van der Waals surface area (Å²) in [7, 11) is 0. The highest BCUT2D eigenvalue weighted by Gasteiger charge is 2.45. The molecule has 25 rings (SSSR count). The van der Waals surface area contributed by atoms with Crippen LogP contribution in [0.1, 0.15) is 281 Å². The van der Waals surface area contributed by atoms with Crippen molar-refractivity contribution in [1.82, 2.24) is 0 Å². The van der Waals surface area contributed by atoms with Crippen LogP contribution >= 0.6 is 0 Å². The lowest BCUT2D eigenvalue weighted by atomic mass is 9.82. The van der Waals surface area contributed by atoms with Gasteiger partial charge in [0, 0.05) is 54.2 Å². The highest BCUT2D eigenvalue weighted by atomic mass is 16.5. The molecule has 0 atom stereocenters. The van der Waals surface area contributed by atoms with Gasteiger partial charge in [-0.15, -0.1) is 12.8 Å². The van der Waals surface area contributed by atoms with Crippen molar-refractivity contribution in [1.29, 1.82) is 0 Å². The fourth-order valence-corrected chi connectivity index (χ4v) is 24.0. The fraction of sp³-hybridized carbons (Fsp3) is 0.206. The van der Waals surface area contributed by atoms with Gasteiger partial charge in [0.25, 0.3) is 23.6 Å². The Morgan fingerprint density at radius 3 is 0.644 bits per heavy atom. The number of terminal acetylenes is 2. The van der Waals surface area contributed by atoms with Crippen LogP contribution in [0.2, 0.25) is 0 Å². The fourth-order valence-electron chi connectivity index (χ4n) is 24.0. The van der Waals surface area contributed by atoms with E-state index in [9.17, 15) is 0 Å². The first-order chi connectivity index (χ1) is 69.7. The second kappa shape index (κ2) is 32.0. The van der Waals surface area contributed by atoms with Gasteiger partial charge in [0.15, 0.2) is 0 Å². The second-order valence-electron chi connectivity index (χ2n) is 46.3. The van der Waals surface area contributed by atoms with E-state index in [1.165, 1.54) is 9.80 Å². The van der Waals surface area contributed by atoms with Gasteiger partial charge in [0.1, 0.15) is 46.0 Å². The molecule has 2 heterocycles. The molecule has 2 aliphatic heterocycles. The number of fused-ring (bicyclic) bond motifs is 14. The third-order valence-electron chi connectivity index (χ3n) is 31.6. The normalized spacial score (nSPS) is 14.3. The molecule has 0 fully saturated rings. The second-order valence-corrected chi connectivity index (χ2v) is 46.3. The van der Waals surface area contributed by atoms with Crippen LogP contribution in [-0.2, 0) is 21.7 Å². The molecule has 10 heteroatoms. The zero-order chi connectivity index (χ0) is 101. The van der Waals surface area contributed by atoms with Crippen LogP contribution in [0.15, 0.2) is 243 Å². The number of nitrogens with zero attached hydrogens (tertiary/aromatic N) is 2. The number of carbonyl (C=O) groups excluding carboxylic acids is 4. The van der Waals surface area contributed by atoms with Gasteiger partial charge in [0.2, 0.25) is 0 Å². The zero-order valence-electron chi connectivity index (χ0n) is 86.0. The topological polar surface area (TPSA) is 112 Å². The minimum absolute atomic E-state index is 0.111. The summed E-state index contributed by atoms with van der Waals surface area (Å²) in [6.45, 7) is 43.0. The van der Waals surface area contributed by atoms with Crippen LogP contribution in [0.3, 0.4) is 0 Å². The Kier molecular flexibility index (Phi) is 19.9. The number of amides is 4. The number of hydrogen-bond donors (Lipinski definition) is 0. The lowest BCUT2D eigenvalue weighted by Crippen LogP contribution is -2.42. The Morgan fingerprint density at radius 1 is 0.233 bits per heavy atom. The van der Waals surface area contributed by atoms with Crippen LogP contribution in [-0.4, -0.2) is 23.6 Å². The third-order valence-corrected chi connectivity index (χ3v) is 31.6. The van der Waals surface area contributed by atoms with Crippen molar-refractivity contribution in [2.24, 2.45) is 0 Å². The zero-order valence-corrected chi connectivity index (χ0v) is 86.0. The Bertz CT molecular complexity index is 8420. The molecular weight excluding hydrogens is 1790 g/mol. The smallest absolute Gasteiger partial charge is 0.266 e. The van der Waals surface area contributed by atoms with E-state index in [0.29, 0.717) is 112 Å². The lowest BCUT2D eigenvalue weighted by molar-refractivity contribution is 0.0877. The van der Waals surface area contributed by atoms with Gasteiger partial charge in [-0.05, 0) is 367 Å². The van der Waals surface area contributed by atoms with E-state index in [1.807, 2.05) is 97.1 Å². The lowest BCUT2D eigenvalue weighted by Gasteiger charge is -2.34. The summed E-state index contributed by atoms with van der Waals surface area (Å²) in [4.78, 5) is 68.3. The maximum atomic E-state index is 16.4. The standard InChI is InChI=1S/C136H110N2O8/c1-23-73-53-99(69(3)4)127(100(54-73)70(5)6)137-129(139)107-65-111(143-87-37-29-83(30-38-87)133(11,12)13)121-95-49-45-91-103-61-79-57-75-25-27-77-59-81-63-105-93-47-51-97-118-98(52-48-94(116(93)118)106(105)64-82(81)60-78(77)28-26-76(75)58-80(79)62-104(103)92-46-50-96(117(95)115(91)92)122-112(66-108(130(137)140)119(107)125(121)122)144-88-39-31-84(32-40-88)134(14,15)16)124-114(146-90-43-35-86(36-44-90)136(20,21)22)68-110-120-109(67-113(123(97)126(120)124)145-89-41-33-85(34-42-89)135(17,18)19)131(141)138(132(110)142)128-101(71(7)8)55-74(24-2)56-102(128)72(9)10/h1-2,25-72H,3-22H3/b27-25-,28-26-,75-25?,76-26?,77-27?,78-28?. The molecule has 20 aromatic carbocycles.